The first-order chi connectivity index (χ1) is 9.81. The number of aryl methyl sites for hydroxylation is 1. The lowest BCUT2D eigenvalue weighted by molar-refractivity contribution is -0.112. The van der Waals surface area contributed by atoms with E-state index in [1.54, 1.807) is 6.92 Å². The smallest absolute Gasteiger partial charge is 0.234 e. The third-order valence-corrected chi connectivity index (χ3v) is 2.96. The predicted octanol–water partition coefficient (Wildman–Crippen LogP) is -2.27. The molecule has 0 amide bonds. The summed E-state index contributed by atoms with van der Waals surface area (Å²) < 4.78 is 5.22. The summed E-state index contributed by atoms with van der Waals surface area (Å²) in [5, 5.41) is 55.9. The molecule has 1 aromatic heterocycles. The van der Waals surface area contributed by atoms with Gasteiger partial charge in [0, 0.05) is 20.5 Å². The molecule has 9 nitrogen and oxygen atoms in total. The van der Waals surface area contributed by atoms with Gasteiger partial charge in [-0.15, -0.1) is 0 Å². The Hall–Kier alpha value is -1.70. The van der Waals surface area contributed by atoms with Gasteiger partial charge in [0.05, 0.1) is 6.61 Å². The highest BCUT2D eigenvalue weighted by atomic mass is 16.4. The minimum atomic E-state index is -1.70. The number of aromatic nitrogens is 1. The molecule has 1 rings (SSSR count). The van der Waals surface area contributed by atoms with E-state index in [9.17, 15) is 20.4 Å². The Morgan fingerprint density at radius 2 is 1.81 bits per heavy atom. The molecule has 0 saturated heterocycles. The molecule has 0 aromatic carbocycles. The molecular weight excluding hydrogens is 282 g/mol. The third kappa shape index (κ3) is 4.13. The second kappa shape index (κ2) is 7.35. The Balaban J connectivity index is 2.73. The Morgan fingerprint density at radius 1 is 1.24 bits per heavy atom. The van der Waals surface area contributed by atoms with Gasteiger partial charge in [0.25, 0.3) is 0 Å². The van der Waals surface area contributed by atoms with E-state index in [1.165, 1.54) is 11.9 Å². The molecule has 0 aliphatic heterocycles. The van der Waals surface area contributed by atoms with E-state index < -0.39 is 31.0 Å². The highest BCUT2D eigenvalue weighted by molar-refractivity contribution is 5.47. The summed E-state index contributed by atoms with van der Waals surface area (Å²) in [5.74, 6) is 0.401. The topological polar surface area (TPSA) is 154 Å². The quantitative estimate of drug-likeness (QED) is 0.375. The Bertz CT molecular complexity index is 500. The van der Waals surface area contributed by atoms with Crippen molar-refractivity contribution in [1.29, 1.82) is 5.26 Å². The summed E-state index contributed by atoms with van der Waals surface area (Å²) in [5.41, 5.74) is 0.0348. The SMILES string of the molecule is Cc1nc(C#N)c(N(C)C[C@H](O)[C@H](O)[C@@H](O)[C@H](O)CO)o1. The van der Waals surface area contributed by atoms with E-state index >= 15 is 0 Å². The molecule has 0 aliphatic rings. The molecule has 0 radical (unpaired) electrons. The maximum atomic E-state index is 9.85. The second-order valence-electron chi connectivity index (χ2n) is 4.68. The average molecular weight is 301 g/mol. The fourth-order valence-corrected chi connectivity index (χ4v) is 1.78. The zero-order valence-electron chi connectivity index (χ0n) is 11.7. The highest BCUT2D eigenvalue weighted by Gasteiger charge is 2.31. The van der Waals surface area contributed by atoms with Crippen LogP contribution >= 0.6 is 0 Å². The molecule has 0 aliphatic carbocycles. The van der Waals surface area contributed by atoms with Crippen LogP contribution in [0.4, 0.5) is 5.88 Å². The van der Waals surface area contributed by atoms with E-state index in [1.807, 2.05) is 6.07 Å². The first-order valence-electron chi connectivity index (χ1n) is 6.23. The van der Waals surface area contributed by atoms with Crippen molar-refractivity contribution < 1.29 is 29.9 Å². The third-order valence-electron chi connectivity index (χ3n) is 2.96. The molecule has 1 aromatic rings. The molecule has 0 spiro atoms. The van der Waals surface area contributed by atoms with Crippen LogP contribution in [0.15, 0.2) is 4.42 Å². The van der Waals surface area contributed by atoms with Gasteiger partial charge in [-0.05, 0) is 0 Å². The monoisotopic (exact) mass is 301 g/mol. The molecule has 0 bridgehead atoms. The van der Waals surface area contributed by atoms with Gasteiger partial charge >= 0.3 is 0 Å². The Kier molecular flexibility index (Phi) is 6.07. The molecule has 0 fully saturated rings. The summed E-state index contributed by atoms with van der Waals surface area (Å²) in [6, 6.07) is 1.84. The van der Waals surface area contributed by atoms with Crippen molar-refractivity contribution in [3.8, 4) is 6.07 Å². The fraction of sp³-hybridized carbons (Fsp3) is 0.667. The van der Waals surface area contributed by atoms with Crippen LogP contribution in [0.2, 0.25) is 0 Å². The summed E-state index contributed by atoms with van der Waals surface area (Å²) in [6.07, 6.45) is -6.39. The minimum absolute atomic E-state index is 0.0348. The van der Waals surface area contributed by atoms with Gasteiger partial charge in [-0.3, -0.25) is 0 Å². The first-order valence-corrected chi connectivity index (χ1v) is 6.23. The van der Waals surface area contributed by atoms with Crippen LogP contribution in [-0.4, -0.2) is 75.1 Å². The van der Waals surface area contributed by atoms with E-state index in [4.69, 9.17) is 14.8 Å². The van der Waals surface area contributed by atoms with E-state index in [0.29, 0.717) is 0 Å². The Labute approximate surface area is 121 Å². The van der Waals surface area contributed by atoms with Crippen LogP contribution < -0.4 is 4.90 Å². The van der Waals surface area contributed by atoms with E-state index in [0.717, 1.165) is 0 Å². The second-order valence-corrected chi connectivity index (χ2v) is 4.68. The summed E-state index contributed by atoms with van der Waals surface area (Å²) in [4.78, 5) is 5.19. The molecule has 5 N–H and O–H groups in total. The molecule has 9 heteroatoms. The number of nitrogens with zero attached hydrogens (tertiary/aromatic N) is 3. The maximum absolute atomic E-state index is 9.85. The summed E-state index contributed by atoms with van der Waals surface area (Å²) >= 11 is 0. The van der Waals surface area contributed by atoms with Crippen LogP contribution in [0.25, 0.3) is 0 Å². The average Bonchev–Trinajstić information content (AvgIpc) is 2.85. The fourth-order valence-electron chi connectivity index (χ4n) is 1.78. The maximum Gasteiger partial charge on any atom is 0.234 e. The lowest BCUT2D eigenvalue weighted by atomic mass is 10.0. The zero-order chi connectivity index (χ0) is 16.2. The van der Waals surface area contributed by atoms with Gasteiger partial charge in [0.2, 0.25) is 11.6 Å². The van der Waals surface area contributed by atoms with Crippen molar-refractivity contribution in [2.45, 2.75) is 31.3 Å². The molecule has 21 heavy (non-hydrogen) atoms. The normalized spacial score (nSPS) is 16.9. The van der Waals surface area contributed by atoms with Crippen molar-refractivity contribution in [3.05, 3.63) is 11.6 Å². The van der Waals surface area contributed by atoms with Gasteiger partial charge in [-0.2, -0.15) is 5.26 Å². The predicted molar refractivity (Wildman–Crippen MR) is 70.3 cm³/mol. The number of hydrogen-bond donors (Lipinski definition) is 5. The number of likely N-dealkylation sites (N-methyl/N-ethyl adjacent to an activating group) is 1. The van der Waals surface area contributed by atoms with Crippen molar-refractivity contribution >= 4 is 5.88 Å². The number of nitriles is 1. The molecule has 4 atom stereocenters. The Morgan fingerprint density at radius 3 is 2.33 bits per heavy atom. The van der Waals surface area contributed by atoms with E-state index in [-0.39, 0.29) is 24.0 Å². The van der Waals surface area contributed by atoms with Crippen molar-refractivity contribution in [1.82, 2.24) is 4.98 Å². The lowest BCUT2D eigenvalue weighted by Gasteiger charge is -2.28. The highest BCUT2D eigenvalue weighted by Crippen LogP contribution is 2.20. The van der Waals surface area contributed by atoms with Gasteiger partial charge in [-0.25, -0.2) is 4.98 Å². The lowest BCUT2D eigenvalue weighted by Crippen LogP contribution is -2.49. The van der Waals surface area contributed by atoms with Gasteiger partial charge < -0.3 is 34.8 Å². The first kappa shape index (κ1) is 17.4. The van der Waals surface area contributed by atoms with E-state index in [2.05, 4.69) is 4.98 Å². The number of oxazole rings is 1. The van der Waals surface area contributed by atoms with Crippen molar-refractivity contribution in [2.75, 3.05) is 25.1 Å². The number of rotatable bonds is 7. The van der Waals surface area contributed by atoms with Crippen molar-refractivity contribution in [3.63, 3.8) is 0 Å². The number of hydrogen-bond acceptors (Lipinski definition) is 9. The molecule has 0 saturated carbocycles. The van der Waals surface area contributed by atoms with Crippen LogP contribution in [0.3, 0.4) is 0 Å². The summed E-state index contributed by atoms with van der Waals surface area (Å²) in [7, 11) is 1.51. The molecular formula is C12H19N3O6. The number of aliphatic hydroxyl groups is 5. The van der Waals surface area contributed by atoms with Gasteiger partial charge in [0.1, 0.15) is 30.5 Å². The number of anilines is 1. The van der Waals surface area contributed by atoms with Crippen LogP contribution in [0.5, 0.6) is 0 Å². The van der Waals surface area contributed by atoms with Gasteiger partial charge in [0.15, 0.2) is 5.89 Å². The molecule has 0 unspecified atom stereocenters. The zero-order valence-corrected chi connectivity index (χ0v) is 11.7. The molecule has 1 heterocycles. The molecule has 118 valence electrons. The minimum Gasteiger partial charge on any atom is -0.424 e. The van der Waals surface area contributed by atoms with Crippen molar-refractivity contribution in [2.24, 2.45) is 0 Å². The van der Waals surface area contributed by atoms with Crippen LogP contribution in [0.1, 0.15) is 11.6 Å². The largest absolute Gasteiger partial charge is 0.424 e. The van der Waals surface area contributed by atoms with Crippen LogP contribution in [-0.2, 0) is 0 Å². The van der Waals surface area contributed by atoms with Crippen LogP contribution in [0, 0.1) is 18.3 Å². The number of aliphatic hydroxyl groups excluding tert-OH is 5. The summed E-state index contributed by atoms with van der Waals surface area (Å²) in [6.45, 7) is 0.630. The standard InChI is InChI=1S/C12H19N3O6/c1-6-14-7(3-13)12(21-6)15(2)4-8(17)10(19)11(20)9(18)5-16/h8-11,16-20H,4-5H2,1-2H3/t8-,9+,10-,11-/m0/s1. The van der Waals surface area contributed by atoms with Gasteiger partial charge in [-0.1, -0.05) is 0 Å².